The van der Waals surface area contributed by atoms with Crippen LogP contribution in [-0.2, 0) is 6.61 Å². The maximum atomic E-state index is 10.5. The molecule has 0 bridgehead atoms. The highest BCUT2D eigenvalue weighted by Gasteiger charge is 2.02. The summed E-state index contributed by atoms with van der Waals surface area (Å²) in [6.07, 6.45) is 5.92. The molecule has 0 N–H and O–H groups in total. The molecule has 0 aliphatic heterocycles. The number of ether oxygens (including phenoxy) is 1. The number of aldehydes is 1. The van der Waals surface area contributed by atoms with Crippen molar-refractivity contribution in [1.82, 2.24) is 14.8 Å². The molecule has 3 rings (SSSR count). The molecule has 5 heteroatoms. The number of aromatic nitrogens is 3. The van der Waals surface area contributed by atoms with Gasteiger partial charge in [-0.3, -0.25) is 4.79 Å². The van der Waals surface area contributed by atoms with E-state index in [0.29, 0.717) is 24.3 Å². The van der Waals surface area contributed by atoms with Gasteiger partial charge in [-0.05, 0) is 24.3 Å². The van der Waals surface area contributed by atoms with Gasteiger partial charge in [0.15, 0.2) is 6.29 Å². The largest absolute Gasteiger partial charge is 0.487 e. The van der Waals surface area contributed by atoms with Crippen molar-refractivity contribution in [2.24, 2.45) is 0 Å². The van der Waals surface area contributed by atoms with Gasteiger partial charge < -0.3 is 4.74 Å². The molecule has 0 saturated heterocycles. The average molecular weight is 279 g/mol. The van der Waals surface area contributed by atoms with Crippen molar-refractivity contribution in [2.75, 3.05) is 0 Å². The van der Waals surface area contributed by atoms with Gasteiger partial charge in [0.2, 0.25) is 0 Å². The van der Waals surface area contributed by atoms with E-state index in [4.69, 9.17) is 4.74 Å². The lowest BCUT2D eigenvalue weighted by Crippen LogP contribution is -1.96. The Morgan fingerprint density at radius 3 is 2.67 bits per heavy atom. The topological polar surface area (TPSA) is 57.0 Å². The Labute approximate surface area is 121 Å². The van der Waals surface area contributed by atoms with Crippen LogP contribution in [0.25, 0.3) is 5.69 Å². The van der Waals surface area contributed by atoms with Crippen molar-refractivity contribution in [3.8, 4) is 11.4 Å². The first-order valence-electron chi connectivity index (χ1n) is 6.48. The van der Waals surface area contributed by atoms with Crippen LogP contribution in [0.4, 0.5) is 0 Å². The molecular formula is C16H13N3O2. The zero-order chi connectivity index (χ0) is 14.5. The highest BCUT2D eigenvalue weighted by atomic mass is 16.5. The number of nitrogens with zero attached hydrogens (tertiary/aromatic N) is 3. The first-order valence-corrected chi connectivity index (χ1v) is 6.48. The fourth-order valence-corrected chi connectivity index (χ4v) is 1.87. The van der Waals surface area contributed by atoms with E-state index in [1.807, 2.05) is 36.5 Å². The van der Waals surface area contributed by atoms with Gasteiger partial charge in [-0.25, -0.2) is 9.67 Å². The molecule has 0 radical (unpaired) electrons. The summed E-state index contributed by atoms with van der Waals surface area (Å²) >= 11 is 0. The third-order valence-corrected chi connectivity index (χ3v) is 2.94. The first-order chi connectivity index (χ1) is 10.3. The van der Waals surface area contributed by atoms with E-state index in [1.54, 1.807) is 23.0 Å². The van der Waals surface area contributed by atoms with Gasteiger partial charge >= 0.3 is 0 Å². The summed E-state index contributed by atoms with van der Waals surface area (Å²) < 4.78 is 7.41. The maximum absolute atomic E-state index is 10.5. The Balaban J connectivity index is 1.66. The van der Waals surface area contributed by atoms with Gasteiger partial charge in [0.05, 0.1) is 18.1 Å². The van der Waals surface area contributed by atoms with Crippen molar-refractivity contribution in [1.29, 1.82) is 0 Å². The van der Waals surface area contributed by atoms with Crippen molar-refractivity contribution >= 4 is 6.29 Å². The van der Waals surface area contributed by atoms with Crippen LogP contribution < -0.4 is 4.74 Å². The van der Waals surface area contributed by atoms with E-state index >= 15 is 0 Å². The highest BCUT2D eigenvalue weighted by Crippen LogP contribution is 2.12. The fourth-order valence-electron chi connectivity index (χ4n) is 1.87. The van der Waals surface area contributed by atoms with Gasteiger partial charge in [0, 0.05) is 11.8 Å². The van der Waals surface area contributed by atoms with Crippen LogP contribution in [0.5, 0.6) is 5.75 Å². The van der Waals surface area contributed by atoms with Crippen molar-refractivity contribution in [3.63, 3.8) is 0 Å². The van der Waals surface area contributed by atoms with E-state index in [2.05, 4.69) is 10.1 Å². The lowest BCUT2D eigenvalue weighted by atomic mass is 10.3. The van der Waals surface area contributed by atoms with Crippen molar-refractivity contribution in [3.05, 3.63) is 72.3 Å². The predicted octanol–water partition coefficient (Wildman–Crippen LogP) is 2.66. The molecule has 21 heavy (non-hydrogen) atoms. The number of carbonyl (C=O) groups excluding carboxylic acids is 1. The highest BCUT2D eigenvalue weighted by molar-refractivity contribution is 5.71. The van der Waals surface area contributed by atoms with E-state index in [1.165, 1.54) is 6.20 Å². The molecule has 0 atom stereocenters. The minimum Gasteiger partial charge on any atom is -0.487 e. The Morgan fingerprint density at radius 1 is 1.10 bits per heavy atom. The SMILES string of the molecule is O=Cc1ccc(OCc2cnn(-c3ccccc3)c2)cn1. The maximum Gasteiger partial charge on any atom is 0.168 e. The number of hydrogen-bond acceptors (Lipinski definition) is 4. The zero-order valence-corrected chi connectivity index (χ0v) is 11.2. The summed E-state index contributed by atoms with van der Waals surface area (Å²) in [5.41, 5.74) is 2.35. The minimum atomic E-state index is 0.388. The van der Waals surface area contributed by atoms with Crippen LogP contribution in [0.2, 0.25) is 0 Å². The summed E-state index contributed by atoms with van der Waals surface area (Å²) in [7, 11) is 0. The Hall–Kier alpha value is -2.95. The summed E-state index contributed by atoms with van der Waals surface area (Å²) in [5, 5.41) is 4.30. The minimum absolute atomic E-state index is 0.388. The van der Waals surface area contributed by atoms with Gasteiger partial charge in [-0.15, -0.1) is 0 Å². The molecule has 0 fully saturated rings. The molecule has 0 spiro atoms. The van der Waals surface area contributed by atoms with Crippen LogP contribution in [-0.4, -0.2) is 21.1 Å². The van der Waals surface area contributed by atoms with Gasteiger partial charge in [-0.2, -0.15) is 5.10 Å². The van der Waals surface area contributed by atoms with E-state index in [9.17, 15) is 4.79 Å². The second-order valence-corrected chi connectivity index (χ2v) is 4.45. The Kier molecular flexibility index (Phi) is 3.73. The van der Waals surface area contributed by atoms with Gasteiger partial charge in [0.1, 0.15) is 18.1 Å². The van der Waals surface area contributed by atoms with Gasteiger partial charge in [-0.1, -0.05) is 18.2 Å². The van der Waals surface area contributed by atoms with E-state index in [0.717, 1.165) is 11.3 Å². The van der Waals surface area contributed by atoms with Crippen LogP contribution >= 0.6 is 0 Å². The van der Waals surface area contributed by atoms with Crippen molar-refractivity contribution in [2.45, 2.75) is 6.61 Å². The van der Waals surface area contributed by atoms with E-state index < -0.39 is 0 Å². The molecule has 2 heterocycles. The number of pyridine rings is 1. The number of carbonyl (C=O) groups is 1. The summed E-state index contributed by atoms with van der Waals surface area (Å²) in [6.45, 7) is 0.398. The number of hydrogen-bond donors (Lipinski definition) is 0. The fraction of sp³-hybridized carbons (Fsp3) is 0.0625. The monoisotopic (exact) mass is 279 g/mol. The molecule has 0 unspecified atom stereocenters. The average Bonchev–Trinajstić information content (AvgIpc) is 3.03. The van der Waals surface area contributed by atoms with Crippen LogP contribution in [0.15, 0.2) is 61.1 Å². The molecule has 0 saturated carbocycles. The summed E-state index contributed by atoms with van der Waals surface area (Å²) in [6, 6.07) is 13.2. The smallest absolute Gasteiger partial charge is 0.168 e. The van der Waals surface area contributed by atoms with E-state index in [-0.39, 0.29) is 0 Å². The molecule has 104 valence electrons. The van der Waals surface area contributed by atoms with Crippen LogP contribution in [0.1, 0.15) is 16.1 Å². The molecule has 5 nitrogen and oxygen atoms in total. The lowest BCUT2D eigenvalue weighted by molar-refractivity contribution is 0.111. The molecule has 0 aliphatic rings. The molecule has 0 amide bonds. The standard InChI is InChI=1S/C16H13N3O2/c20-11-14-6-7-16(9-17-14)21-12-13-8-18-19(10-13)15-4-2-1-3-5-15/h1-11H,12H2. The van der Waals surface area contributed by atoms with Crippen LogP contribution in [0, 0.1) is 0 Å². The molecule has 0 aliphatic carbocycles. The third-order valence-electron chi connectivity index (χ3n) is 2.94. The number of para-hydroxylation sites is 1. The number of rotatable bonds is 5. The molecule has 2 aromatic heterocycles. The second-order valence-electron chi connectivity index (χ2n) is 4.45. The zero-order valence-electron chi connectivity index (χ0n) is 11.2. The third kappa shape index (κ3) is 3.14. The molecule has 3 aromatic rings. The Morgan fingerprint density at radius 2 is 1.95 bits per heavy atom. The normalized spacial score (nSPS) is 10.3. The lowest BCUT2D eigenvalue weighted by Gasteiger charge is -2.03. The van der Waals surface area contributed by atoms with Gasteiger partial charge in [0.25, 0.3) is 0 Å². The van der Waals surface area contributed by atoms with Crippen molar-refractivity contribution < 1.29 is 9.53 Å². The summed E-state index contributed by atoms with van der Waals surface area (Å²) in [5.74, 6) is 0.619. The Bertz CT molecular complexity index is 721. The molecular weight excluding hydrogens is 266 g/mol. The quantitative estimate of drug-likeness (QED) is 0.674. The van der Waals surface area contributed by atoms with Crippen LogP contribution in [0.3, 0.4) is 0 Å². The first kappa shape index (κ1) is 13.1. The summed E-state index contributed by atoms with van der Waals surface area (Å²) in [4.78, 5) is 14.5. The molecule has 1 aromatic carbocycles. The number of benzene rings is 1. The predicted molar refractivity (Wildman–Crippen MR) is 77.5 cm³/mol. The second kappa shape index (κ2) is 6.00.